The van der Waals surface area contributed by atoms with Gasteiger partial charge in [0, 0.05) is 11.5 Å². The molecule has 12 heavy (non-hydrogen) atoms. The lowest BCUT2D eigenvalue weighted by molar-refractivity contribution is 0.00825. The highest BCUT2D eigenvalue weighted by atomic mass is 35.5. The first-order valence-electron chi connectivity index (χ1n) is 3.85. The Morgan fingerprint density at radius 1 is 1.50 bits per heavy atom. The van der Waals surface area contributed by atoms with E-state index in [9.17, 15) is 0 Å². The maximum Gasteiger partial charge on any atom is 0.155 e. The largest absolute Gasteiger partial charge is 0.380 e. The van der Waals surface area contributed by atoms with Gasteiger partial charge >= 0.3 is 0 Å². The quantitative estimate of drug-likeness (QED) is 0.665. The summed E-state index contributed by atoms with van der Waals surface area (Å²) in [5.41, 5.74) is 1.97. The number of aromatic nitrogens is 2. The third-order valence-corrected chi connectivity index (χ3v) is 2.27. The van der Waals surface area contributed by atoms with Crippen molar-refractivity contribution in [1.82, 2.24) is 10.2 Å². The van der Waals surface area contributed by atoms with Crippen molar-refractivity contribution < 1.29 is 4.74 Å². The fourth-order valence-corrected chi connectivity index (χ4v) is 1.44. The van der Waals surface area contributed by atoms with E-state index in [0.717, 1.165) is 24.5 Å². The van der Waals surface area contributed by atoms with Crippen LogP contribution in [0.15, 0.2) is 6.07 Å². The number of nitrogens with zero attached hydrogens (tertiary/aromatic N) is 2. The summed E-state index contributed by atoms with van der Waals surface area (Å²) >= 11 is 5.87. The van der Waals surface area contributed by atoms with Gasteiger partial charge in [0.25, 0.3) is 0 Å². The van der Waals surface area contributed by atoms with E-state index < -0.39 is 0 Å². The molecule has 1 aromatic heterocycles. The number of rotatable bonds is 1. The lowest BCUT2D eigenvalue weighted by Crippen LogP contribution is -2.25. The zero-order chi connectivity index (χ0) is 8.55. The van der Waals surface area contributed by atoms with Crippen LogP contribution in [-0.2, 0) is 4.74 Å². The van der Waals surface area contributed by atoms with E-state index in [4.69, 9.17) is 16.3 Å². The number of hydrogen-bond donors (Lipinski definition) is 0. The van der Waals surface area contributed by atoms with Crippen molar-refractivity contribution in [2.75, 3.05) is 13.2 Å². The Bertz CT molecular complexity index is 299. The number of halogens is 1. The summed E-state index contributed by atoms with van der Waals surface area (Å²) in [6, 6.07) is 1.97. The van der Waals surface area contributed by atoms with Gasteiger partial charge in [0.05, 0.1) is 18.9 Å². The highest BCUT2D eigenvalue weighted by Crippen LogP contribution is 2.28. The third-order valence-electron chi connectivity index (χ3n) is 1.98. The van der Waals surface area contributed by atoms with Gasteiger partial charge in [-0.2, -0.15) is 5.10 Å². The van der Waals surface area contributed by atoms with Gasteiger partial charge in [-0.3, -0.25) is 0 Å². The Hall–Kier alpha value is -0.670. The average Bonchev–Trinajstić information content (AvgIpc) is 1.93. The molecule has 0 atom stereocenters. The van der Waals surface area contributed by atoms with Crippen molar-refractivity contribution in [2.24, 2.45) is 0 Å². The van der Waals surface area contributed by atoms with Gasteiger partial charge in [-0.15, -0.1) is 5.10 Å². The summed E-state index contributed by atoms with van der Waals surface area (Å²) in [6.07, 6.45) is 0. The topological polar surface area (TPSA) is 35.0 Å². The zero-order valence-corrected chi connectivity index (χ0v) is 7.51. The molecule has 1 aromatic rings. The number of ether oxygens (including phenoxy) is 1. The summed E-state index contributed by atoms with van der Waals surface area (Å²) in [5.74, 6) is 0.423. The van der Waals surface area contributed by atoms with Gasteiger partial charge in [-0.05, 0) is 13.0 Å². The van der Waals surface area contributed by atoms with Crippen molar-refractivity contribution in [2.45, 2.75) is 12.8 Å². The molecule has 1 aliphatic heterocycles. The van der Waals surface area contributed by atoms with E-state index in [1.165, 1.54) is 0 Å². The SMILES string of the molecule is Cc1cc(C2COC2)c(Cl)nn1. The second-order valence-electron chi connectivity index (χ2n) is 2.97. The standard InChI is InChI=1S/C8H9ClN2O/c1-5-2-7(6-3-12-4-6)8(9)11-10-5/h2,6H,3-4H2,1H3. The van der Waals surface area contributed by atoms with Crippen molar-refractivity contribution in [3.05, 3.63) is 22.5 Å². The smallest absolute Gasteiger partial charge is 0.155 e. The van der Waals surface area contributed by atoms with Crippen LogP contribution in [0.5, 0.6) is 0 Å². The molecule has 0 N–H and O–H groups in total. The van der Waals surface area contributed by atoms with Gasteiger partial charge in [-0.1, -0.05) is 11.6 Å². The third kappa shape index (κ3) is 1.30. The Morgan fingerprint density at radius 2 is 2.25 bits per heavy atom. The summed E-state index contributed by atoms with van der Waals surface area (Å²) < 4.78 is 5.08. The molecular weight excluding hydrogens is 176 g/mol. The second-order valence-corrected chi connectivity index (χ2v) is 3.32. The molecule has 1 saturated heterocycles. The van der Waals surface area contributed by atoms with Gasteiger partial charge in [0.15, 0.2) is 5.15 Å². The first-order chi connectivity index (χ1) is 5.77. The van der Waals surface area contributed by atoms with Gasteiger partial charge < -0.3 is 4.74 Å². The summed E-state index contributed by atoms with van der Waals surface area (Å²) in [5, 5.41) is 8.21. The van der Waals surface area contributed by atoms with Crippen LogP contribution in [0, 0.1) is 6.92 Å². The molecule has 0 unspecified atom stereocenters. The Labute approximate surface area is 75.7 Å². The van der Waals surface area contributed by atoms with Crippen molar-refractivity contribution >= 4 is 11.6 Å². The predicted octanol–water partition coefficient (Wildman–Crippen LogP) is 1.55. The molecule has 1 aliphatic rings. The van der Waals surface area contributed by atoms with Crippen LogP contribution in [-0.4, -0.2) is 23.4 Å². The van der Waals surface area contributed by atoms with Crippen LogP contribution in [0.2, 0.25) is 5.15 Å². The predicted molar refractivity (Wildman–Crippen MR) is 45.3 cm³/mol. The maximum atomic E-state index is 5.87. The summed E-state index contributed by atoms with van der Waals surface area (Å²) in [6.45, 7) is 3.42. The van der Waals surface area contributed by atoms with E-state index in [-0.39, 0.29) is 0 Å². The van der Waals surface area contributed by atoms with Crippen molar-refractivity contribution in [3.8, 4) is 0 Å². The molecule has 64 valence electrons. The lowest BCUT2D eigenvalue weighted by atomic mass is 9.99. The van der Waals surface area contributed by atoms with Crippen LogP contribution in [0.1, 0.15) is 17.2 Å². The molecule has 0 aromatic carbocycles. The maximum absolute atomic E-state index is 5.87. The molecule has 0 bridgehead atoms. The first-order valence-corrected chi connectivity index (χ1v) is 4.22. The Morgan fingerprint density at radius 3 is 2.83 bits per heavy atom. The van der Waals surface area contributed by atoms with E-state index in [1.54, 1.807) is 0 Å². The molecule has 4 heteroatoms. The van der Waals surface area contributed by atoms with Crippen LogP contribution in [0.3, 0.4) is 0 Å². The molecule has 2 rings (SSSR count). The van der Waals surface area contributed by atoms with Gasteiger partial charge in [0.1, 0.15) is 0 Å². The van der Waals surface area contributed by atoms with E-state index in [2.05, 4.69) is 10.2 Å². The Kier molecular flexibility index (Phi) is 1.98. The monoisotopic (exact) mass is 184 g/mol. The fraction of sp³-hybridized carbons (Fsp3) is 0.500. The summed E-state index contributed by atoms with van der Waals surface area (Å²) in [7, 11) is 0. The fourth-order valence-electron chi connectivity index (χ4n) is 1.20. The van der Waals surface area contributed by atoms with Crippen LogP contribution in [0.4, 0.5) is 0 Å². The minimum Gasteiger partial charge on any atom is -0.380 e. The highest BCUT2D eigenvalue weighted by molar-refractivity contribution is 6.30. The van der Waals surface area contributed by atoms with Gasteiger partial charge in [-0.25, -0.2) is 0 Å². The van der Waals surface area contributed by atoms with Crippen LogP contribution >= 0.6 is 11.6 Å². The molecule has 0 amide bonds. The van der Waals surface area contributed by atoms with Crippen LogP contribution < -0.4 is 0 Å². The minimum absolute atomic E-state index is 0.423. The van der Waals surface area contributed by atoms with Crippen molar-refractivity contribution in [3.63, 3.8) is 0 Å². The lowest BCUT2D eigenvalue weighted by Gasteiger charge is -2.26. The number of hydrogen-bond acceptors (Lipinski definition) is 3. The average molecular weight is 185 g/mol. The highest BCUT2D eigenvalue weighted by Gasteiger charge is 2.23. The molecule has 1 fully saturated rings. The molecule has 0 saturated carbocycles. The van der Waals surface area contributed by atoms with E-state index in [1.807, 2.05) is 13.0 Å². The normalized spacial score (nSPS) is 17.5. The van der Waals surface area contributed by atoms with Crippen molar-refractivity contribution in [1.29, 1.82) is 0 Å². The van der Waals surface area contributed by atoms with E-state index >= 15 is 0 Å². The zero-order valence-electron chi connectivity index (χ0n) is 6.75. The molecule has 0 spiro atoms. The Balaban J connectivity index is 2.34. The van der Waals surface area contributed by atoms with Gasteiger partial charge in [0.2, 0.25) is 0 Å². The van der Waals surface area contributed by atoms with E-state index in [0.29, 0.717) is 11.1 Å². The van der Waals surface area contributed by atoms with Crippen LogP contribution in [0.25, 0.3) is 0 Å². The summed E-state index contributed by atoms with van der Waals surface area (Å²) in [4.78, 5) is 0. The molecule has 0 aliphatic carbocycles. The minimum atomic E-state index is 0.423. The second kappa shape index (κ2) is 2.99. The molecule has 0 radical (unpaired) electrons. The first kappa shape index (κ1) is 7.95. The molecule has 3 nitrogen and oxygen atoms in total. The molecule has 2 heterocycles. The molecular formula is C8H9ClN2O. The number of aryl methyl sites for hydroxylation is 1.